The number of benzene rings is 1. The molecule has 4 N–H and O–H groups in total. The lowest BCUT2D eigenvalue weighted by Gasteiger charge is -2.22. The van der Waals surface area contributed by atoms with Crippen LogP contribution < -0.4 is 16.3 Å². The number of hydrogen-bond donors (Lipinski definition) is 4. The third-order valence-electron chi connectivity index (χ3n) is 4.04. The lowest BCUT2D eigenvalue weighted by molar-refractivity contribution is -0.116. The van der Waals surface area contributed by atoms with E-state index in [-0.39, 0.29) is 11.6 Å². The second-order valence-electron chi connectivity index (χ2n) is 5.62. The fraction of sp³-hybridized carbons (Fsp3) is 0.467. The first-order valence-corrected chi connectivity index (χ1v) is 7.43. The van der Waals surface area contributed by atoms with E-state index in [1.54, 1.807) is 18.2 Å². The van der Waals surface area contributed by atoms with E-state index in [4.69, 9.17) is 0 Å². The van der Waals surface area contributed by atoms with Gasteiger partial charge in [-0.3, -0.25) is 4.79 Å². The number of rotatable bonds is 4. The molecule has 1 fully saturated rings. The van der Waals surface area contributed by atoms with Crippen molar-refractivity contribution in [3.05, 3.63) is 28.7 Å². The van der Waals surface area contributed by atoms with E-state index >= 15 is 0 Å². The van der Waals surface area contributed by atoms with Crippen molar-refractivity contribution in [2.24, 2.45) is 5.92 Å². The van der Waals surface area contributed by atoms with Gasteiger partial charge in [-0.15, -0.1) is 0 Å². The van der Waals surface area contributed by atoms with Crippen molar-refractivity contribution >= 4 is 22.6 Å². The molecule has 0 saturated carbocycles. The summed E-state index contributed by atoms with van der Waals surface area (Å²) in [5.74, 6) is 0.686. The molecule has 0 radical (unpaired) electrons. The molecule has 112 valence electrons. The van der Waals surface area contributed by atoms with Gasteiger partial charge in [0.05, 0.1) is 11.0 Å². The highest BCUT2D eigenvalue weighted by Gasteiger charge is 2.14. The summed E-state index contributed by atoms with van der Waals surface area (Å²) in [6.45, 7) is 2.12. The minimum atomic E-state index is -0.237. The predicted octanol–water partition coefficient (Wildman–Crippen LogP) is 1.57. The molecular weight excluding hydrogens is 268 g/mol. The van der Waals surface area contributed by atoms with E-state index in [0.29, 0.717) is 23.5 Å². The number of nitrogens with one attached hydrogen (secondary N) is 4. The number of hydrogen-bond acceptors (Lipinski definition) is 3. The average molecular weight is 288 g/mol. The number of imidazole rings is 1. The maximum absolute atomic E-state index is 12.0. The van der Waals surface area contributed by atoms with Crippen LogP contribution >= 0.6 is 0 Å². The van der Waals surface area contributed by atoms with E-state index in [2.05, 4.69) is 20.6 Å². The molecule has 1 amide bonds. The van der Waals surface area contributed by atoms with Crippen molar-refractivity contribution in [2.75, 3.05) is 18.4 Å². The summed E-state index contributed by atoms with van der Waals surface area (Å²) in [6, 6.07) is 5.36. The van der Waals surface area contributed by atoms with Crippen LogP contribution in [-0.4, -0.2) is 29.0 Å². The molecule has 3 rings (SSSR count). The van der Waals surface area contributed by atoms with Gasteiger partial charge in [-0.25, -0.2) is 4.79 Å². The first-order chi connectivity index (χ1) is 10.2. The Morgan fingerprint density at radius 1 is 1.19 bits per heavy atom. The molecule has 1 aromatic carbocycles. The molecule has 1 saturated heterocycles. The molecule has 21 heavy (non-hydrogen) atoms. The average Bonchev–Trinajstić information content (AvgIpc) is 2.85. The van der Waals surface area contributed by atoms with Crippen LogP contribution in [-0.2, 0) is 4.79 Å². The zero-order valence-corrected chi connectivity index (χ0v) is 11.9. The van der Waals surface area contributed by atoms with Crippen LogP contribution in [0.15, 0.2) is 23.0 Å². The Morgan fingerprint density at radius 3 is 2.76 bits per heavy atom. The number of aromatic nitrogens is 2. The number of aromatic amines is 2. The van der Waals surface area contributed by atoms with Crippen LogP contribution in [0.1, 0.15) is 25.7 Å². The van der Waals surface area contributed by atoms with Gasteiger partial charge < -0.3 is 20.6 Å². The van der Waals surface area contributed by atoms with E-state index in [0.717, 1.165) is 37.9 Å². The van der Waals surface area contributed by atoms with Gasteiger partial charge in [-0.1, -0.05) is 0 Å². The number of anilines is 1. The minimum Gasteiger partial charge on any atom is -0.326 e. The van der Waals surface area contributed by atoms with Gasteiger partial charge in [0.15, 0.2) is 0 Å². The maximum atomic E-state index is 12.0. The van der Waals surface area contributed by atoms with Crippen molar-refractivity contribution in [1.82, 2.24) is 15.3 Å². The van der Waals surface area contributed by atoms with Gasteiger partial charge in [0.2, 0.25) is 5.91 Å². The highest BCUT2D eigenvalue weighted by molar-refractivity contribution is 5.92. The van der Waals surface area contributed by atoms with Crippen molar-refractivity contribution < 1.29 is 4.79 Å². The Labute approximate surface area is 122 Å². The molecule has 1 aliphatic heterocycles. The molecule has 2 heterocycles. The number of fused-ring (bicyclic) bond motifs is 1. The van der Waals surface area contributed by atoms with Gasteiger partial charge in [0.25, 0.3) is 0 Å². The fourth-order valence-electron chi connectivity index (χ4n) is 2.84. The first-order valence-electron chi connectivity index (χ1n) is 7.43. The molecule has 0 aliphatic carbocycles. The Kier molecular flexibility index (Phi) is 4.06. The van der Waals surface area contributed by atoms with Gasteiger partial charge in [-0.05, 0) is 56.5 Å². The predicted molar refractivity (Wildman–Crippen MR) is 82.4 cm³/mol. The largest absolute Gasteiger partial charge is 0.326 e. The standard InChI is InChI=1S/C15H20N4O2/c20-14(4-1-10-5-7-16-8-6-10)17-11-2-3-12-13(9-11)19-15(21)18-12/h2-3,9-10,16H,1,4-8H2,(H,17,20)(H2,18,19,21). The van der Waals surface area contributed by atoms with E-state index in [1.807, 2.05) is 0 Å². The third kappa shape index (κ3) is 3.52. The lowest BCUT2D eigenvalue weighted by atomic mass is 9.93. The lowest BCUT2D eigenvalue weighted by Crippen LogP contribution is -2.28. The molecule has 1 aliphatic rings. The van der Waals surface area contributed by atoms with Crippen molar-refractivity contribution in [3.8, 4) is 0 Å². The van der Waals surface area contributed by atoms with Gasteiger partial charge in [0, 0.05) is 12.1 Å². The molecule has 2 aromatic rings. The number of H-pyrrole nitrogens is 2. The molecule has 0 atom stereocenters. The normalized spacial score (nSPS) is 16.2. The number of carbonyl (C=O) groups is 1. The third-order valence-corrected chi connectivity index (χ3v) is 4.04. The monoisotopic (exact) mass is 288 g/mol. The molecule has 6 nitrogen and oxygen atoms in total. The maximum Gasteiger partial charge on any atom is 0.323 e. The summed E-state index contributed by atoms with van der Waals surface area (Å²) in [6.07, 6.45) is 3.80. The zero-order valence-electron chi connectivity index (χ0n) is 11.9. The smallest absolute Gasteiger partial charge is 0.323 e. The summed E-state index contributed by atoms with van der Waals surface area (Å²) in [7, 11) is 0. The molecule has 0 unspecified atom stereocenters. The summed E-state index contributed by atoms with van der Waals surface area (Å²) < 4.78 is 0. The highest BCUT2D eigenvalue weighted by atomic mass is 16.1. The topological polar surface area (TPSA) is 89.8 Å². The molecule has 6 heteroatoms. The van der Waals surface area contributed by atoms with Gasteiger partial charge in [0.1, 0.15) is 0 Å². The molecule has 1 aromatic heterocycles. The Balaban J connectivity index is 1.56. The quantitative estimate of drug-likeness (QED) is 0.688. The Bertz CT molecular complexity index is 682. The molecule has 0 spiro atoms. The van der Waals surface area contributed by atoms with Gasteiger partial charge >= 0.3 is 5.69 Å². The van der Waals surface area contributed by atoms with E-state index in [9.17, 15) is 9.59 Å². The molecule has 0 bridgehead atoms. The Morgan fingerprint density at radius 2 is 1.95 bits per heavy atom. The van der Waals surface area contributed by atoms with Crippen LogP contribution in [0, 0.1) is 5.92 Å². The number of amides is 1. The van der Waals surface area contributed by atoms with Gasteiger partial charge in [-0.2, -0.15) is 0 Å². The number of piperidine rings is 1. The fourth-order valence-corrected chi connectivity index (χ4v) is 2.84. The van der Waals surface area contributed by atoms with Crippen LogP contribution in [0.25, 0.3) is 11.0 Å². The van der Waals surface area contributed by atoms with Crippen molar-refractivity contribution in [2.45, 2.75) is 25.7 Å². The SMILES string of the molecule is O=C(CCC1CCNCC1)Nc1ccc2[nH]c(=O)[nH]c2c1. The highest BCUT2D eigenvalue weighted by Crippen LogP contribution is 2.19. The second kappa shape index (κ2) is 6.13. The van der Waals surface area contributed by atoms with Crippen LogP contribution in [0.2, 0.25) is 0 Å². The van der Waals surface area contributed by atoms with Crippen LogP contribution in [0.4, 0.5) is 5.69 Å². The summed E-state index contributed by atoms with van der Waals surface area (Å²) in [5, 5.41) is 6.22. The zero-order chi connectivity index (χ0) is 14.7. The van der Waals surface area contributed by atoms with Crippen LogP contribution in [0.5, 0.6) is 0 Å². The van der Waals surface area contributed by atoms with E-state index in [1.165, 1.54) is 0 Å². The number of carbonyl (C=O) groups excluding carboxylic acids is 1. The summed E-state index contributed by atoms with van der Waals surface area (Å²) >= 11 is 0. The summed E-state index contributed by atoms with van der Waals surface area (Å²) in [4.78, 5) is 28.6. The second-order valence-corrected chi connectivity index (χ2v) is 5.62. The van der Waals surface area contributed by atoms with E-state index < -0.39 is 0 Å². The van der Waals surface area contributed by atoms with Crippen molar-refractivity contribution in [1.29, 1.82) is 0 Å². The molecular formula is C15H20N4O2. The van der Waals surface area contributed by atoms with Crippen LogP contribution in [0.3, 0.4) is 0 Å². The minimum absolute atomic E-state index is 0.0331. The summed E-state index contributed by atoms with van der Waals surface area (Å²) in [5.41, 5.74) is 1.93. The Hall–Kier alpha value is -2.08. The van der Waals surface area contributed by atoms with Crippen molar-refractivity contribution in [3.63, 3.8) is 0 Å². The first kappa shape index (κ1) is 13.9.